The summed E-state index contributed by atoms with van der Waals surface area (Å²) in [6, 6.07) is 13.7. The van der Waals surface area contributed by atoms with Crippen LogP contribution < -0.4 is 10.6 Å². The summed E-state index contributed by atoms with van der Waals surface area (Å²) in [6.45, 7) is 0.762. The largest absolute Gasteiger partial charge is 0.469 e. The van der Waals surface area contributed by atoms with Crippen LogP contribution in [0.1, 0.15) is 49.5 Å². The van der Waals surface area contributed by atoms with Crippen LogP contribution in [0, 0.1) is 0 Å². The molecule has 1 fully saturated rings. The number of imidazole rings is 1. The Morgan fingerprint density at radius 3 is 2.81 bits per heavy atom. The lowest BCUT2D eigenvalue weighted by atomic mass is 9.87. The molecule has 0 bridgehead atoms. The summed E-state index contributed by atoms with van der Waals surface area (Å²) in [6.07, 6.45) is 10.6. The van der Waals surface area contributed by atoms with Gasteiger partial charge in [-0.2, -0.15) is 0 Å². The number of nitrogens with zero attached hydrogens (tertiary/aromatic N) is 2. The van der Waals surface area contributed by atoms with E-state index >= 15 is 0 Å². The van der Waals surface area contributed by atoms with Gasteiger partial charge >= 0.3 is 0 Å². The van der Waals surface area contributed by atoms with Gasteiger partial charge in [-0.05, 0) is 37.0 Å². The van der Waals surface area contributed by atoms with Crippen molar-refractivity contribution in [1.82, 2.24) is 20.2 Å². The molecule has 7 nitrogen and oxygen atoms in total. The summed E-state index contributed by atoms with van der Waals surface area (Å²) in [5.74, 6) is 0.846. The molecule has 0 unspecified atom stereocenters. The van der Waals surface area contributed by atoms with Gasteiger partial charge in [0, 0.05) is 43.7 Å². The smallest absolute Gasteiger partial charge is 0.220 e. The van der Waals surface area contributed by atoms with E-state index in [0.29, 0.717) is 32.1 Å². The summed E-state index contributed by atoms with van der Waals surface area (Å²) in [7, 11) is 0. The normalized spacial score (nSPS) is 19.2. The van der Waals surface area contributed by atoms with Crippen LogP contribution in [0.25, 0.3) is 0 Å². The Labute approximate surface area is 181 Å². The Morgan fingerprint density at radius 2 is 2.13 bits per heavy atom. The number of hydrogen-bond donors (Lipinski definition) is 2. The van der Waals surface area contributed by atoms with Crippen molar-refractivity contribution in [1.29, 1.82) is 0 Å². The molecule has 0 spiro atoms. The Bertz CT molecular complexity index is 970. The molecule has 0 aliphatic carbocycles. The second kappa shape index (κ2) is 9.64. The third kappa shape index (κ3) is 5.63. The Hall–Kier alpha value is -3.35. The number of furan rings is 1. The Balaban J connectivity index is 1.38. The van der Waals surface area contributed by atoms with Crippen LogP contribution in [0.3, 0.4) is 0 Å². The molecule has 3 aromatic rings. The highest BCUT2D eigenvalue weighted by atomic mass is 16.3. The van der Waals surface area contributed by atoms with Gasteiger partial charge in [-0.15, -0.1) is 0 Å². The van der Waals surface area contributed by atoms with Gasteiger partial charge in [0.2, 0.25) is 11.8 Å². The molecule has 2 amide bonds. The number of aromatic nitrogens is 2. The number of benzene rings is 1. The summed E-state index contributed by atoms with van der Waals surface area (Å²) >= 11 is 0. The number of carbonyl (C=O) groups is 2. The quantitative estimate of drug-likeness (QED) is 0.526. The van der Waals surface area contributed by atoms with E-state index in [9.17, 15) is 9.59 Å². The first-order valence-electron chi connectivity index (χ1n) is 10.8. The molecular formula is C24H28N4O3. The van der Waals surface area contributed by atoms with E-state index in [-0.39, 0.29) is 17.9 Å². The molecule has 0 radical (unpaired) electrons. The minimum atomic E-state index is -0.425. The molecule has 2 aromatic heterocycles. The van der Waals surface area contributed by atoms with Crippen molar-refractivity contribution in [2.75, 3.05) is 0 Å². The Morgan fingerprint density at radius 1 is 1.26 bits per heavy atom. The predicted molar refractivity (Wildman–Crippen MR) is 116 cm³/mol. The minimum Gasteiger partial charge on any atom is -0.469 e. The topological polar surface area (TPSA) is 89.2 Å². The lowest BCUT2D eigenvalue weighted by Gasteiger charge is -2.28. The van der Waals surface area contributed by atoms with E-state index in [0.717, 1.165) is 24.3 Å². The second-order valence-electron chi connectivity index (χ2n) is 8.20. The van der Waals surface area contributed by atoms with E-state index in [1.165, 1.54) is 0 Å². The molecule has 2 N–H and O–H groups in total. The van der Waals surface area contributed by atoms with Crippen LogP contribution in [0.15, 0.2) is 71.9 Å². The predicted octanol–water partition coefficient (Wildman–Crippen LogP) is 3.40. The third-order valence-corrected chi connectivity index (χ3v) is 5.93. The van der Waals surface area contributed by atoms with Gasteiger partial charge in [0.1, 0.15) is 5.76 Å². The molecule has 31 heavy (non-hydrogen) atoms. The molecule has 1 saturated heterocycles. The zero-order valence-electron chi connectivity index (χ0n) is 17.5. The molecule has 3 heterocycles. The van der Waals surface area contributed by atoms with E-state index < -0.39 is 5.54 Å². The average molecular weight is 421 g/mol. The van der Waals surface area contributed by atoms with Gasteiger partial charge in [0.15, 0.2) is 0 Å². The van der Waals surface area contributed by atoms with Crippen molar-refractivity contribution in [2.24, 2.45) is 0 Å². The first-order valence-corrected chi connectivity index (χ1v) is 10.8. The van der Waals surface area contributed by atoms with Crippen LogP contribution in [-0.2, 0) is 22.6 Å². The Kier molecular flexibility index (Phi) is 6.50. The summed E-state index contributed by atoms with van der Waals surface area (Å²) in [4.78, 5) is 28.9. The maximum absolute atomic E-state index is 12.9. The zero-order chi connectivity index (χ0) is 21.5. The molecule has 2 atom stereocenters. The van der Waals surface area contributed by atoms with Crippen LogP contribution in [0.2, 0.25) is 0 Å². The minimum absolute atomic E-state index is 0.0144. The highest BCUT2D eigenvalue weighted by molar-refractivity contribution is 5.80. The fraction of sp³-hybridized carbons (Fsp3) is 0.375. The van der Waals surface area contributed by atoms with Crippen LogP contribution in [-0.4, -0.2) is 26.9 Å². The number of nitrogens with one attached hydrogen (secondary N) is 2. The molecule has 1 aliphatic heterocycles. The third-order valence-electron chi connectivity index (χ3n) is 5.93. The number of amides is 2. The maximum Gasteiger partial charge on any atom is 0.220 e. The molecule has 1 aliphatic rings. The lowest BCUT2D eigenvalue weighted by Crippen LogP contribution is -2.44. The van der Waals surface area contributed by atoms with Gasteiger partial charge < -0.3 is 19.6 Å². The van der Waals surface area contributed by atoms with E-state index in [1.807, 2.05) is 53.2 Å². The first-order chi connectivity index (χ1) is 15.1. The molecule has 0 saturated carbocycles. The van der Waals surface area contributed by atoms with E-state index in [1.54, 1.807) is 18.8 Å². The van der Waals surface area contributed by atoms with Crippen LogP contribution in [0.4, 0.5) is 0 Å². The molecule has 1 aromatic carbocycles. The van der Waals surface area contributed by atoms with Gasteiger partial charge in [0.05, 0.1) is 18.6 Å². The van der Waals surface area contributed by atoms with E-state index in [4.69, 9.17) is 4.42 Å². The van der Waals surface area contributed by atoms with Crippen molar-refractivity contribution in [2.45, 2.75) is 56.7 Å². The summed E-state index contributed by atoms with van der Waals surface area (Å²) in [5, 5.41) is 6.30. The van der Waals surface area contributed by atoms with Crippen molar-refractivity contribution in [3.63, 3.8) is 0 Å². The highest BCUT2D eigenvalue weighted by Gasteiger charge is 2.38. The fourth-order valence-electron chi connectivity index (χ4n) is 4.25. The molecular weight excluding hydrogens is 392 g/mol. The second-order valence-corrected chi connectivity index (χ2v) is 8.20. The average Bonchev–Trinajstić information content (AvgIpc) is 3.54. The van der Waals surface area contributed by atoms with Crippen molar-refractivity contribution < 1.29 is 14.0 Å². The fourth-order valence-corrected chi connectivity index (χ4v) is 4.25. The van der Waals surface area contributed by atoms with Crippen LogP contribution >= 0.6 is 0 Å². The first kappa shape index (κ1) is 20.9. The maximum atomic E-state index is 12.9. The molecule has 7 heteroatoms. The molecule has 162 valence electrons. The number of rotatable bonds is 10. The lowest BCUT2D eigenvalue weighted by molar-refractivity contribution is -0.123. The number of aryl methyl sites for hydroxylation is 1. The molecule has 4 rings (SSSR count). The van der Waals surface area contributed by atoms with Crippen molar-refractivity contribution >= 4 is 11.8 Å². The van der Waals surface area contributed by atoms with Crippen molar-refractivity contribution in [3.05, 3.63) is 78.8 Å². The van der Waals surface area contributed by atoms with Crippen LogP contribution in [0.5, 0.6) is 0 Å². The number of hydrogen-bond acceptors (Lipinski definition) is 4. The van der Waals surface area contributed by atoms with Gasteiger partial charge in [-0.25, -0.2) is 4.98 Å². The van der Waals surface area contributed by atoms with Gasteiger partial charge in [-0.1, -0.05) is 30.3 Å². The SMILES string of the molecule is O=C(CC[C@]1(Cc2ccco2)CCC(=O)N1)N[C@@H](CCn1ccnc1)c1ccccc1. The van der Waals surface area contributed by atoms with Gasteiger partial charge in [0.25, 0.3) is 0 Å². The van der Waals surface area contributed by atoms with Gasteiger partial charge in [-0.3, -0.25) is 9.59 Å². The monoisotopic (exact) mass is 420 g/mol. The summed E-state index contributed by atoms with van der Waals surface area (Å²) in [5.41, 5.74) is 0.654. The van der Waals surface area contributed by atoms with Crippen molar-refractivity contribution in [3.8, 4) is 0 Å². The standard InChI is InChI=1S/C24H28N4O3/c29-22(8-11-24(12-9-23(30)27-24)17-20-7-4-16-31-20)26-21(19-5-2-1-3-6-19)10-14-28-15-13-25-18-28/h1-7,13,15-16,18,21H,8-12,14,17H2,(H,26,29)(H,27,30)/t21-,24+/m0/s1. The van der Waals surface area contributed by atoms with E-state index in [2.05, 4.69) is 15.6 Å². The summed E-state index contributed by atoms with van der Waals surface area (Å²) < 4.78 is 7.50. The number of carbonyl (C=O) groups excluding carboxylic acids is 2. The highest BCUT2D eigenvalue weighted by Crippen LogP contribution is 2.30. The zero-order valence-corrected chi connectivity index (χ0v) is 17.5.